The minimum Gasteiger partial charge on any atom is -0.484 e. The van der Waals surface area contributed by atoms with Crippen LogP contribution in [-0.4, -0.2) is 40.3 Å². The third kappa shape index (κ3) is 3.39. The SMILES string of the molecule is O=C(COc1ccccc1)N1CC(n2nc(-c3cccs3)ccc2=O)C1. The van der Waals surface area contributed by atoms with Crippen molar-refractivity contribution in [2.24, 2.45) is 0 Å². The van der Waals surface area contributed by atoms with Gasteiger partial charge in [-0.2, -0.15) is 5.10 Å². The second-order valence-electron chi connectivity index (χ2n) is 6.03. The van der Waals surface area contributed by atoms with Crippen molar-refractivity contribution < 1.29 is 9.53 Å². The van der Waals surface area contributed by atoms with Crippen molar-refractivity contribution in [3.63, 3.8) is 0 Å². The van der Waals surface area contributed by atoms with Gasteiger partial charge < -0.3 is 9.64 Å². The van der Waals surface area contributed by atoms with E-state index in [1.54, 1.807) is 22.3 Å². The monoisotopic (exact) mass is 367 g/mol. The molecule has 7 heteroatoms. The van der Waals surface area contributed by atoms with Crippen molar-refractivity contribution in [3.05, 3.63) is 70.3 Å². The Kier molecular flexibility index (Phi) is 4.53. The molecule has 0 saturated carbocycles. The van der Waals surface area contributed by atoms with E-state index in [0.29, 0.717) is 18.8 Å². The number of ether oxygens (including phenoxy) is 1. The van der Waals surface area contributed by atoms with Gasteiger partial charge in [0.15, 0.2) is 6.61 Å². The maximum Gasteiger partial charge on any atom is 0.267 e. The number of para-hydroxylation sites is 1. The number of hydrogen-bond acceptors (Lipinski definition) is 5. The average Bonchev–Trinajstić information content (AvgIpc) is 3.16. The van der Waals surface area contributed by atoms with Crippen molar-refractivity contribution in [1.29, 1.82) is 0 Å². The predicted molar refractivity (Wildman–Crippen MR) is 99.4 cm³/mol. The molecule has 1 saturated heterocycles. The van der Waals surface area contributed by atoms with E-state index >= 15 is 0 Å². The molecule has 0 aliphatic carbocycles. The van der Waals surface area contributed by atoms with Gasteiger partial charge in [-0.15, -0.1) is 11.3 Å². The van der Waals surface area contributed by atoms with Gasteiger partial charge in [-0.25, -0.2) is 4.68 Å². The predicted octanol–water partition coefficient (Wildman–Crippen LogP) is 2.43. The Labute approximate surface area is 154 Å². The summed E-state index contributed by atoms with van der Waals surface area (Å²) < 4.78 is 6.97. The number of nitrogens with zero attached hydrogens (tertiary/aromatic N) is 3. The first kappa shape index (κ1) is 16.5. The van der Waals surface area contributed by atoms with E-state index in [9.17, 15) is 9.59 Å². The Morgan fingerprint density at radius 1 is 1.12 bits per heavy atom. The highest BCUT2D eigenvalue weighted by molar-refractivity contribution is 7.13. The smallest absolute Gasteiger partial charge is 0.267 e. The summed E-state index contributed by atoms with van der Waals surface area (Å²) in [6.07, 6.45) is 0. The van der Waals surface area contributed by atoms with Crippen molar-refractivity contribution in [1.82, 2.24) is 14.7 Å². The second-order valence-corrected chi connectivity index (χ2v) is 6.98. The molecule has 2 aromatic heterocycles. The summed E-state index contributed by atoms with van der Waals surface area (Å²) in [5.74, 6) is 0.576. The first-order valence-electron chi connectivity index (χ1n) is 8.30. The molecule has 1 fully saturated rings. The van der Waals surface area contributed by atoms with Crippen LogP contribution in [0, 0.1) is 0 Å². The van der Waals surface area contributed by atoms with Crippen LogP contribution in [-0.2, 0) is 4.79 Å². The van der Waals surface area contributed by atoms with Gasteiger partial charge in [0.2, 0.25) is 0 Å². The number of thiophene rings is 1. The van der Waals surface area contributed by atoms with Crippen LogP contribution in [0.5, 0.6) is 5.75 Å². The molecule has 1 amide bonds. The van der Waals surface area contributed by atoms with E-state index in [0.717, 1.165) is 10.6 Å². The highest BCUT2D eigenvalue weighted by Gasteiger charge is 2.33. The fourth-order valence-corrected chi connectivity index (χ4v) is 3.50. The van der Waals surface area contributed by atoms with Crippen LogP contribution in [0.3, 0.4) is 0 Å². The average molecular weight is 367 g/mol. The van der Waals surface area contributed by atoms with Crippen LogP contribution < -0.4 is 10.3 Å². The largest absolute Gasteiger partial charge is 0.484 e. The zero-order valence-corrected chi connectivity index (χ0v) is 14.8. The molecule has 3 heterocycles. The van der Waals surface area contributed by atoms with Crippen LogP contribution in [0.25, 0.3) is 10.6 Å². The maximum absolute atomic E-state index is 12.2. The van der Waals surface area contributed by atoms with Crippen molar-refractivity contribution in [2.75, 3.05) is 19.7 Å². The second kappa shape index (κ2) is 7.13. The van der Waals surface area contributed by atoms with Crippen LogP contribution in [0.2, 0.25) is 0 Å². The fraction of sp³-hybridized carbons (Fsp3) is 0.211. The quantitative estimate of drug-likeness (QED) is 0.695. The minimum atomic E-state index is -0.150. The van der Waals surface area contributed by atoms with Gasteiger partial charge in [0.05, 0.1) is 10.9 Å². The molecule has 132 valence electrons. The molecule has 1 aliphatic rings. The fourth-order valence-electron chi connectivity index (χ4n) is 2.81. The first-order chi connectivity index (χ1) is 12.7. The number of benzene rings is 1. The Morgan fingerprint density at radius 3 is 2.65 bits per heavy atom. The van der Waals surface area contributed by atoms with Gasteiger partial charge in [0.1, 0.15) is 11.4 Å². The van der Waals surface area contributed by atoms with Crippen LogP contribution in [0.1, 0.15) is 6.04 Å². The lowest BCUT2D eigenvalue weighted by molar-refractivity contribution is -0.139. The molecular formula is C19H17N3O3S. The number of likely N-dealkylation sites (tertiary alicyclic amines) is 1. The summed E-state index contributed by atoms with van der Waals surface area (Å²) in [7, 11) is 0. The number of carbonyl (C=O) groups excluding carboxylic acids is 1. The topological polar surface area (TPSA) is 64.4 Å². The van der Waals surface area contributed by atoms with Gasteiger partial charge in [0, 0.05) is 19.2 Å². The molecular weight excluding hydrogens is 350 g/mol. The highest BCUT2D eigenvalue weighted by atomic mass is 32.1. The van der Waals surface area contributed by atoms with E-state index in [1.807, 2.05) is 47.8 Å². The molecule has 0 radical (unpaired) electrons. The number of carbonyl (C=O) groups is 1. The summed E-state index contributed by atoms with van der Waals surface area (Å²) in [6.45, 7) is 0.934. The molecule has 0 unspecified atom stereocenters. The van der Waals surface area contributed by atoms with E-state index in [1.165, 1.54) is 10.7 Å². The van der Waals surface area contributed by atoms with Gasteiger partial charge in [-0.1, -0.05) is 24.3 Å². The molecule has 0 bridgehead atoms. The van der Waals surface area contributed by atoms with E-state index in [-0.39, 0.29) is 24.1 Å². The van der Waals surface area contributed by atoms with Gasteiger partial charge in [-0.05, 0) is 29.6 Å². The van der Waals surface area contributed by atoms with Crippen LogP contribution >= 0.6 is 11.3 Å². The summed E-state index contributed by atoms with van der Waals surface area (Å²) in [4.78, 5) is 27.0. The molecule has 4 rings (SSSR count). The molecule has 0 N–H and O–H groups in total. The highest BCUT2D eigenvalue weighted by Crippen LogP contribution is 2.24. The molecule has 0 atom stereocenters. The zero-order chi connectivity index (χ0) is 17.9. The third-order valence-corrected chi connectivity index (χ3v) is 5.16. The molecule has 1 aromatic carbocycles. The van der Waals surface area contributed by atoms with Crippen LogP contribution in [0.4, 0.5) is 0 Å². The number of aromatic nitrogens is 2. The lowest BCUT2D eigenvalue weighted by atomic mass is 10.1. The van der Waals surface area contributed by atoms with Gasteiger partial charge in [-0.3, -0.25) is 9.59 Å². The molecule has 6 nitrogen and oxygen atoms in total. The third-order valence-electron chi connectivity index (χ3n) is 4.27. The number of amides is 1. The standard InChI is InChI=1S/C19H17N3O3S/c23-18-9-8-16(17-7-4-10-26-17)20-22(18)14-11-21(12-14)19(24)13-25-15-5-2-1-3-6-15/h1-10,14H,11-13H2. The van der Waals surface area contributed by atoms with E-state index < -0.39 is 0 Å². The zero-order valence-electron chi connectivity index (χ0n) is 13.9. The molecule has 26 heavy (non-hydrogen) atoms. The van der Waals surface area contributed by atoms with Gasteiger partial charge >= 0.3 is 0 Å². The minimum absolute atomic E-state index is 0.00566. The lowest BCUT2D eigenvalue weighted by Crippen LogP contribution is -2.54. The normalized spacial score (nSPS) is 14.1. The Hall–Kier alpha value is -2.93. The number of rotatable bonds is 5. The summed E-state index contributed by atoms with van der Waals surface area (Å²) in [5.41, 5.74) is 0.625. The summed E-state index contributed by atoms with van der Waals surface area (Å²) in [5, 5.41) is 6.44. The van der Waals surface area contributed by atoms with Crippen LogP contribution in [0.15, 0.2) is 64.8 Å². The first-order valence-corrected chi connectivity index (χ1v) is 9.18. The van der Waals surface area contributed by atoms with Crippen molar-refractivity contribution in [2.45, 2.75) is 6.04 Å². The van der Waals surface area contributed by atoms with E-state index in [4.69, 9.17) is 4.74 Å². The maximum atomic E-state index is 12.2. The Morgan fingerprint density at radius 2 is 1.92 bits per heavy atom. The molecule has 3 aromatic rings. The van der Waals surface area contributed by atoms with Gasteiger partial charge in [0.25, 0.3) is 11.5 Å². The summed E-state index contributed by atoms with van der Waals surface area (Å²) >= 11 is 1.58. The molecule has 0 spiro atoms. The van der Waals surface area contributed by atoms with Crippen molar-refractivity contribution >= 4 is 17.2 Å². The Balaban J connectivity index is 1.38. The summed E-state index contributed by atoms with van der Waals surface area (Å²) in [6, 6.07) is 16.3. The molecule has 1 aliphatic heterocycles. The number of hydrogen-bond donors (Lipinski definition) is 0. The van der Waals surface area contributed by atoms with Crippen molar-refractivity contribution in [3.8, 4) is 16.3 Å². The lowest BCUT2D eigenvalue weighted by Gasteiger charge is -2.39. The Bertz CT molecular complexity index is 948. The van der Waals surface area contributed by atoms with E-state index in [2.05, 4.69) is 5.10 Å².